The highest BCUT2D eigenvalue weighted by atomic mass is 35.5. The lowest BCUT2D eigenvalue weighted by molar-refractivity contribution is 0.0573. The highest BCUT2D eigenvalue weighted by Gasteiger charge is 2.28. The van der Waals surface area contributed by atoms with Crippen molar-refractivity contribution in [3.05, 3.63) is 22.8 Å². The van der Waals surface area contributed by atoms with E-state index < -0.39 is 0 Å². The average molecular weight is 309 g/mol. The molecule has 2 N–H and O–H groups in total. The van der Waals surface area contributed by atoms with Gasteiger partial charge in [-0.1, -0.05) is 24.4 Å². The molecule has 6 heteroatoms. The lowest BCUT2D eigenvalue weighted by Crippen LogP contribution is -2.51. The molecule has 1 aromatic heterocycles. The molecule has 0 bridgehead atoms. The summed E-state index contributed by atoms with van der Waals surface area (Å²) in [7, 11) is 0. The molecule has 1 amide bonds. The molecule has 3 rings (SSSR count). The van der Waals surface area contributed by atoms with Crippen LogP contribution in [0.1, 0.15) is 36.0 Å². The normalized spacial score (nSPS) is 20.9. The maximum Gasteiger partial charge on any atom is 0.255 e. The minimum Gasteiger partial charge on any atom is -0.384 e. The van der Waals surface area contributed by atoms with Crippen LogP contribution in [-0.4, -0.2) is 52.9 Å². The van der Waals surface area contributed by atoms with Gasteiger partial charge in [0.1, 0.15) is 5.82 Å². The fraction of sp³-hybridized carbons (Fsp3) is 0.600. The number of nitrogen functional groups attached to an aromatic ring is 1. The minimum atomic E-state index is -0.0415. The van der Waals surface area contributed by atoms with E-state index in [1.807, 2.05) is 4.90 Å². The maximum atomic E-state index is 12.5. The Bertz CT molecular complexity index is 522. The summed E-state index contributed by atoms with van der Waals surface area (Å²) in [5, 5.41) is 0.368. The van der Waals surface area contributed by atoms with Crippen LogP contribution in [0.15, 0.2) is 12.3 Å². The van der Waals surface area contributed by atoms with Crippen molar-refractivity contribution in [3.63, 3.8) is 0 Å². The van der Waals surface area contributed by atoms with Crippen molar-refractivity contribution in [3.8, 4) is 0 Å². The lowest BCUT2D eigenvalue weighted by atomic mass is 10.1. The SMILES string of the molecule is Nc1cc(C(=O)N2CCN(C3CCCC3)CC2)c(Cl)cn1. The van der Waals surface area contributed by atoms with Crippen LogP contribution >= 0.6 is 11.6 Å². The Morgan fingerprint density at radius 3 is 2.57 bits per heavy atom. The monoisotopic (exact) mass is 308 g/mol. The van der Waals surface area contributed by atoms with E-state index in [0.717, 1.165) is 32.2 Å². The number of nitrogens with two attached hydrogens (primary N) is 1. The average Bonchev–Trinajstić information content (AvgIpc) is 3.03. The van der Waals surface area contributed by atoms with Crippen LogP contribution in [0, 0.1) is 0 Å². The number of hydrogen-bond acceptors (Lipinski definition) is 4. The van der Waals surface area contributed by atoms with E-state index in [-0.39, 0.29) is 5.91 Å². The van der Waals surface area contributed by atoms with Gasteiger partial charge in [-0.2, -0.15) is 0 Å². The van der Waals surface area contributed by atoms with E-state index in [1.54, 1.807) is 6.07 Å². The lowest BCUT2D eigenvalue weighted by Gasteiger charge is -2.38. The summed E-state index contributed by atoms with van der Waals surface area (Å²) >= 11 is 6.07. The molecular weight excluding hydrogens is 288 g/mol. The topological polar surface area (TPSA) is 62.5 Å². The molecule has 21 heavy (non-hydrogen) atoms. The number of nitrogens with zero attached hydrogens (tertiary/aromatic N) is 3. The molecule has 114 valence electrons. The molecule has 1 aliphatic heterocycles. The number of anilines is 1. The summed E-state index contributed by atoms with van der Waals surface area (Å²) in [5.74, 6) is 0.285. The van der Waals surface area contributed by atoms with Crippen molar-refractivity contribution in [2.75, 3.05) is 31.9 Å². The van der Waals surface area contributed by atoms with Crippen LogP contribution in [0.4, 0.5) is 5.82 Å². The number of rotatable bonds is 2. The van der Waals surface area contributed by atoms with Gasteiger partial charge in [0.25, 0.3) is 5.91 Å². The first-order valence-corrected chi connectivity index (χ1v) is 7.97. The third kappa shape index (κ3) is 3.14. The number of aromatic nitrogens is 1. The fourth-order valence-electron chi connectivity index (χ4n) is 3.35. The molecule has 1 aliphatic carbocycles. The first kappa shape index (κ1) is 14.6. The van der Waals surface area contributed by atoms with Gasteiger partial charge in [-0.3, -0.25) is 9.69 Å². The summed E-state index contributed by atoms with van der Waals surface area (Å²) in [6, 6.07) is 2.29. The van der Waals surface area contributed by atoms with Crippen LogP contribution in [0.5, 0.6) is 0 Å². The number of carbonyl (C=O) groups excluding carboxylic acids is 1. The van der Waals surface area contributed by atoms with E-state index >= 15 is 0 Å². The van der Waals surface area contributed by atoms with Crippen molar-refractivity contribution in [2.45, 2.75) is 31.7 Å². The Morgan fingerprint density at radius 2 is 1.90 bits per heavy atom. The van der Waals surface area contributed by atoms with Gasteiger partial charge < -0.3 is 10.6 Å². The molecule has 1 aromatic rings. The number of hydrogen-bond donors (Lipinski definition) is 1. The molecule has 0 radical (unpaired) electrons. The largest absolute Gasteiger partial charge is 0.384 e. The van der Waals surface area contributed by atoms with Gasteiger partial charge in [0.05, 0.1) is 10.6 Å². The first-order chi connectivity index (χ1) is 10.1. The van der Waals surface area contributed by atoms with Crippen LogP contribution in [0.25, 0.3) is 0 Å². The Labute approximate surface area is 130 Å². The van der Waals surface area contributed by atoms with Crippen molar-refractivity contribution < 1.29 is 4.79 Å². The summed E-state index contributed by atoms with van der Waals surface area (Å²) in [5.41, 5.74) is 6.11. The summed E-state index contributed by atoms with van der Waals surface area (Å²) in [6.07, 6.45) is 6.74. The molecule has 0 spiro atoms. The number of piperazine rings is 1. The summed E-state index contributed by atoms with van der Waals surface area (Å²) < 4.78 is 0. The van der Waals surface area contributed by atoms with Gasteiger partial charge in [0, 0.05) is 38.4 Å². The van der Waals surface area contributed by atoms with E-state index in [0.29, 0.717) is 16.4 Å². The smallest absolute Gasteiger partial charge is 0.255 e. The second kappa shape index (κ2) is 6.20. The van der Waals surface area contributed by atoms with E-state index in [1.165, 1.54) is 31.9 Å². The van der Waals surface area contributed by atoms with Crippen molar-refractivity contribution in [2.24, 2.45) is 0 Å². The van der Waals surface area contributed by atoms with Gasteiger partial charge in [0.2, 0.25) is 0 Å². The van der Waals surface area contributed by atoms with Gasteiger partial charge in [0.15, 0.2) is 0 Å². The molecule has 0 unspecified atom stereocenters. The van der Waals surface area contributed by atoms with Gasteiger partial charge in [-0.15, -0.1) is 0 Å². The number of halogens is 1. The van der Waals surface area contributed by atoms with Crippen molar-refractivity contribution >= 4 is 23.3 Å². The first-order valence-electron chi connectivity index (χ1n) is 7.59. The third-order valence-corrected chi connectivity index (χ3v) is 4.85. The standard InChI is InChI=1S/C15H21ClN4O/c16-13-10-18-14(17)9-12(13)15(21)20-7-5-19(6-8-20)11-3-1-2-4-11/h9-11H,1-8H2,(H2,17,18). The van der Waals surface area contributed by atoms with E-state index in [9.17, 15) is 4.79 Å². The number of carbonyl (C=O) groups is 1. The van der Waals surface area contributed by atoms with Gasteiger partial charge >= 0.3 is 0 Å². The summed E-state index contributed by atoms with van der Waals surface area (Å²) in [6.45, 7) is 3.42. The Hall–Kier alpha value is -1.33. The molecule has 1 saturated heterocycles. The van der Waals surface area contributed by atoms with Crippen LogP contribution in [0.2, 0.25) is 5.02 Å². The Balaban J connectivity index is 1.63. The Morgan fingerprint density at radius 1 is 1.24 bits per heavy atom. The van der Waals surface area contributed by atoms with Gasteiger partial charge in [-0.25, -0.2) is 4.98 Å². The second-order valence-electron chi connectivity index (χ2n) is 5.86. The number of pyridine rings is 1. The van der Waals surface area contributed by atoms with Crippen molar-refractivity contribution in [1.29, 1.82) is 0 Å². The Kier molecular flexibility index (Phi) is 4.31. The van der Waals surface area contributed by atoms with Crippen molar-refractivity contribution in [1.82, 2.24) is 14.8 Å². The molecule has 2 fully saturated rings. The van der Waals surface area contributed by atoms with Crippen LogP contribution < -0.4 is 5.73 Å². The quantitative estimate of drug-likeness (QED) is 0.908. The molecule has 0 atom stereocenters. The molecule has 0 aromatic carbocycles. The minimum absolute atomic E-state index is 0.0415. The second-order valence-corrected chi connectivity index (χ2v) is 6.26. The summed E-state index contributed by atoms with van der Waals surface area (Å²) in [4.78, 5) is 20.8. The number of amides is 1. The zero-order valence-electron chi connectivity index (χ0n) is 12.1. The third-order valence-electron chi connectivity index (χ3n) is 4.55. The maximum absolute atomic E-state index is 12.5. The highest BCUT2D eigenvalue weighted by molar-refractivity contribution is 6.33. The molecule has 2 heterocycles. The van der Waals surface area contributed by atoms with Crippen LogP contribution in [0.3, 0.4) is 0 Å². The predicted octanol–water partition coefficient (Wildman–Crippen LogP) is 2.02. The zero-order valence-corrected chi connectivity index (χ0v) is 12.9. The zero-order chi connectivity index (χ0) is 14.8. The van der Waals surface area contributed by atoms with E-state index in [4.69, 9.17) is 17.3 Å². The highest BCUT2D eigenvalue weighted by Crippen LogP contribution is 2.25. The van der Waals surface area contributed by atoms with E-state index in [2.05, 4.69) is 9.88 Å². The van der Waals surface area contributed by atoms with Gasteiger partial charge in [-0.05, 0) is 18.9 Å². The predicted molar refractivity (Wildman–Crippen MR) is 83.4 cm³/mol. The molecule has 1 saturated carbocycles. The molecule has 5 nitrogen and oxygen atoms in total. The van der Waals surface area contributed by atoms with Crippen LogP contribution in [-0.2, 0) is 0 Å². The fourth-order valence-corrected chi connectivity index (χ4v) is 3.53. The molecular formula is C15H21ClN4O. The molecule has 2 aliphatic rings.